The molecule has 0 fully saturated rings. The van der Waals surface area contributed by atoms with Gasteiger partial charge in [-0.2, -0.15) is 5.10 Å². The number of benzene rings is 1. The van der Waals surface area contributed by atoms with Gasteiger partial charge < -0.3 is 14.8 Å². The first-order valence-corrected chi connectivity index (χ1v) is 7.07. The van der Waals surface area contributed by atoms with E-state index in [9.17, 15) is 9.59 Å². The van der Waals surface area contributed by atoms with Gasteiger partial charge in [0.1, 0.15) is 18.8 Å². The molecule has 23 heavy (non-hydrogen) atoms. The van der Waals surface area contributed by atoms with Gasteiger partial charge in [-0.3, -0.25) is 9.59 Å². The highest BCUT2D eigenvalue weighted by Crippen LogP contribution is 2.11. The summed E-state index contributed by atoms with van der Waals surface area (Å²) in [4.78, 5) is 22.9. The second kappa shape index (κ2) is 11.0. The van der Waals surface area contributed by atoms with E-state index in [0.717, 1.165) is 5.56 Å². The van der Waals surface area contributed by atoms with Crippen LogP contribution < -0.4 is 15.5 Å². The highest BCUT2D eigenvalue weighted by molar-refractivity contribution is 5.97. The van der Waals surface area contributed by atoms with Crippen LogP contribution in [0.25, 0.3) is 0 Å². The Kier molecular flexibility index (Phi) is 8.77. The van der Waals surface area contributed by atoms with E-state index in [0.29, 0.717) is 25.5 Å². The molecule has 0 aromatic heterocycles. The molecule has 0 aliphatic rings. The summed E-state index contributed by atoms with van der Waals surface area (Å²) in [5.74, 6) is -0.192. The maximum Gasteiger partial charge on any atom is 0.249 e. The van der Waals surface area contributed by atoms with Crippen LogP contribution >= 0.6 is 0 Å². The number of nitrogens with one attached hydrogen (secondary N) is 2. The molecule has 0 bridgehead atoms. The number of carbonyl (C=O) groups excluding carboxylic acids is 2. The molecule has 0 aliphatic carbocycles. The fraction of sp³-hybridized carbons (Fsp3) is 0.312. The van der Waals surface area contributed by atoms with E-state index in [1.807, 2.05) is 18.2 Å². The molecule has 0 heterocycles. The number of amides is 2. The molecule has 2 N–H and O–H groups in total. The summed E-state index contributed by atoms with van der Waals surface area (Å²) in [7, 11) is 1.53. The lowest BCUT2D eigenvalue weighted by atomic mass is 10.2. The SMILES string of the molecule is C=CCOc1cccc(/C=N/NC(=O)CC(=O)NCCOC)c1. The molecule has 1 rings (SSSR count). The van der Waals surface area contributed by atoms with Crippen molar-refractivity contribution in [3.8, 4) is 5.75 Å². The fourth-order valence-electron chi connectivity index (χ4n) is 1.56. The van der Waals surface area contributed by atoms with Gasteiger partial charge >= 0.3 is 0 Å². The molecule has 124 valence electrons. The highest BCUT2D eigenvalue weighted by atomic mass is 16.5. The van der Waals surface area contributed by atoms with Crippen LogP contribution in [-0.2, 0) is 14.3 Å². The first kappa shape index (κ1) is 18.4. The number of nitrogens with zero attached hydrogens (tertiary/aromatic N) is 1. The van der Waals surface area contributed by atoms with Crippen LogP contribution in [0.4, 0.5) is 0 Å². The third-order valence-corrected chi connectivity index (χ3v) is 2.58. The molecule has 0 aliphatic heterocycles. The molecule has 0 saturated carbocycles. The van der Waals surface area contributed by atoms with Crippen molar-refractivity contribution in [2.45, 2.75) is 6.42 Å². The van der Waals surface area contributed by atoms with Gasteiger partial charge in [-0.05, 0) is 17.7 Å². The zero-order valence-corrected chi connectivity index (χ0v) is 13.1. The van der Waals surface area contributed by atoms with E-state index < -0.39 is 5.91 Å². The summed E-state index contributed by atoms with van der Waals surface area (Å²) in [5.41, 5.74) is 3.06. The zero-order chi connectivity index (χ0) is 16.9. The fourth-order valence-corrected chi connectivity index (χ4v) is 1.56. The normalized spacial score (nSPS) is 10.3. The number of ether oxygens (including phenoxy) is 2. The molecule has 7 heteroatoms. The van der Waals surface area contributed by atoms with Crippen LogP contribution in [-0.4, -0.2) is 44.9 Å². The average molecular weight is 319 g/mol. The smallest absolute Gasteiger partial charge is 0.249 e. The Morgan fingerprint density at radius 3 is 2.91 bits per heavy atom. The van der Waals surface area contributed by atoms with Crippen molar-refractivity contribution in [1.82, 2.24) is 10.7 Å². The summed E-state index contributed by atoms with van der Waals surface area (Å²) in [6, 6.07) is 7.21. The van der Waals surface area contributed by atoms with Crippen molar-refractivity contribution in [2.75, 3.05) is 26.9 Å². The van der Waals surface area contributed by atoms with Crippen LogP contribution in [0, 0.1) is 0 Å². The molecular formula is C16H21N3O4. The van der Waals surface area contributed by atoms with Gasteiger partial charge in [0.25, 0.3) is 0 Å². The first-order valence-electron chi connectivity index (χ1n) is 7.07. The summed E-state index contributed by atoms with van der Waals surface area (Å²) in [5, 5.41) is 6.36. The van der Waals surface area contributed by atoms with Crippen molar-refractivity contribution in [3.05, 3.63) is 42.5 Å². The van der Waals surface area contributed by atoms with Crippen molar-refractivity contribution in [2.24, 2.45) is 5.10 Å². The Morgan fingerprint density at radius 2 is 2.17 bits per heavy atom. The standard InChI is InChI=1S/C16H21N3O4/c1-3-8-23-14-6-4-5-13(10-14)12-18-19-16(21)11-15(20)17-7-9-22-2/h3-6,10,12H,1,7-9,11H2,2H3,(H,17,20)(H,19,21)/b18-12+. The Labute approximate surface area is 135 Å². The summed E-state index contributed by atoms with van der Waals surface area (Å²) >= 11 is 0. The number of hydrogen-bond donors (Lipinski definition) is 2. The maximum absolute atomic E-state index is 11.5. The second-order valence-corrected chi connectivity index (χ2v) is 4.48. The molecule has 1 aromatic rings. The number of hydrazone groups is 1. The summed E-state index contributed by atoms with van der Waals surface area (Å²) in [6.45, 7) is 4.75. The topological polar surface area (TPSA) is 89.0 Å². The van der Waals surface area contributed by atoms with Crippen LogP contribution in [0.5, 0.6) is 5.75 Å². The average Bonchev–Trinajstić information content (AvgIpc) is 2.53. The van der Waals surface area contributed by atoms with Crippen molar-refractivity contribution < 1.29 is 19.1 Å². The molecule has 2 amide bonds. The Balaban J connectivity index is 2.38. The Bertz CT molecular complexity index is 558. The molecular weight excluding hydrogens is 298 g/mol. The minimum Gasteiger partial charge on any atom is -0.490 e. The van der Waals surface area contributed by atoms with E-state index >= 15 is 0 Å². The quantitative estimate of drug-likeness (QED) is 0.220. The minimum absolute atomic E-state index is 0.288. The number of hydrogen-bond acceptors (Lipinski definition) is 5. The van der Waals surface area contributed by atoms with Crippen molar-refractivity contribution in [3.63, 3.8) is 0 Å². The molecule has 0 unspecified atom stereocenters. The summed E-state index contributed by atoms with van der Waals surface area (Å²) < 4.78 is 10.2. The van der Waals surface area contributed by atoms with Gasteiger partial charge in [0.2, 0.25) is 11.8 Å². The van der Waals surface area contributed by atoms with Gasteiger partial charge in [-0.25, -0.2) is 5.43 Å². The van der Waals surface area contributed by atoms with Crippen LogP contribution in [0.2, 0.25) is 0 Å². The van der Waals surface area contributed by atoms with E-state index in [1.165, 1.54) is 13.3 Å². The van der Waals surface area contributed by atoms with E-state index in [-0.39, 0.29) is 12.3 Å². The van der Waals surface area contributed by atoms with Gasteiger partial charge in [0.05, 0.1) is 12.8 Å². The van der Waals surface area contributed by atoms with Crippen molar-refractivity contribution in [1.29, 1.82) is 0 Å². The number of carbonyl (C=O) groups is 2. The minimum atomic E-state index is -0.491. The zero-order valence-electron chi connectivity index (χ0n) is 13.1. The summed E-state index contributed by atoms with van der Waals surface area (Å²) in [6.07, 6.45) is 2.84. The van der Waals surface area contributed by atoms with Gasteiger partial charge in [-0.15, -0.1) is 0 Å². The Morgan fingerprint density at radius 1 is 1.35 bits per heavy atom. The highest BCUT2D eigenvalue weighted by Gasteiger charge is 2.07. The van der Waals surface area contributed by atoms with E-state index in [2.05, 4.69) is 22.4 Å². The molecule has 0 atom stereocenters. The molecule has 1 aromatic carbocycles. The van der Waals surface area contributed by atoms with Crippen LogP contribution in [0.1, 0.15) is 12.0 Å². The van der Waals surface area contributed by atoms with Crippen LogP contribution in [0.15, 0.2) is 42.0 Å². The predicted molar refractivity (Wildman–Crippen MR) is 87.4 cm³/mol. The third kappa shape index (κ3) is 8.37. The number of rotatable bonds is 10. The lowest BCUT2D eigenvalue weighted by molar-refractivity contribution is -0.129. The van der Waals surface area contributed by atoms with Gasteiger partial charge in [0.15, 0.2) is 0 Å². The van der Waals surface area contributed by atoms with Gasteiger partial charge in [-0.1, -0.05) is 24.8 Å². The second-order valence-electron chi connectivity index (χ2n) is 4.48. The van der Waals surface area contributed by atoms with E-state index in [1.54, 1.807) is 12.1 Å². The first-order chi connectivity index (χ1) is 11.2. The predicted octanol–water partition coefficient (Wildman–Crippen LogP) is 0.854. The van der Waals surface area contributed by atoms with Crippen molar-refractivity contribution >= 4 is 18.0 Å². The molecule has 7 nitrogen and oxygen atoms in total. The maximum atomic E-state index is 11.5. The lowest BCUT2D eigenvalue weighted by Crippen LogP contribution is -2.31. The number of methoxy groups -OCH3 is 1. The third-order valence-electron chi connectivity index (χ3n) is 2.58. The largest absolute Gasteiger partial charge is 0.490 e. The molecule has 0 saturated heterocycles. The lowest BCUT2D eigenvalue weighted by Gasteiger charge is -2.04. The van der Waals surface area contributed by atoms with Gasteiger partial charge in [0, 0.05) is 13.7 Å². The molecule has 0 spiro atoms. The van der Waals surface area contributed by atoms with E-state index in [4.69, 9.17) is 9.47 Å². The Hall–Kier alpha value is -2.67. The van der Waals surface area contributed by atoms with Crippen LogP contribution in [0.3, 0.4) is 0 Å². The molecule has 0 radical (unpaired) electrons. The monoisotopic (exact) mass is 319 g/mol.